The van der Waals surface area contributed by atoms with Crippen LogP contribution >= 0.6 is 11.6 Å². The summed E-state index contributed by atoms with van der Waals surface area (Å²) in [4.78, 5) is 0. The minimum Gasteiger partial charge on any atom is -0.392 e. The molecule has 0 spiro atoms. The molecule has 0 aliphatic rings. The third-order valence-corrected chi connectivity index (χ3v) is 4.00. The Morgan fingerprint density at radius 1 is 1.35 bits per heavy atom. The van der Waals surface area contributed by atoms with E-state index in [9.17, 15) is 5.11 Å². The average Bonchev–Trinajstić information content (AvgIpc) is 2.55. The summed E-state index contributed by atoms with van der Waals surface area (Å²) in [6.45, 7) is 8.35. The van der Waals surface area contributed by atoms with E-state index >= 15 is 0 Å². The fourth-order valence-electron chi connectivity index (χ4n) is 1.87. The number of aliphatic hydroxyl groups is 1. The average molecular weight is 259 g/mol. The first-order chi connectivity index (χ1) is 7.88. The van der Waals surface area contributed by atoms with E-state index in [1.807, 2.05) is 14.0 Å². The molecule has 1 N–H and O–H groups in total. The molecule has 1 aromatic rings. The third kappa shape index (κ3) is 3.23. The lowest BCUT2D eigenvalue weighted by atomic mass is 9.90. The number of aliphatic hydroxyl groups excluding tert-OH is 1. The van der Waals surface area contributed by atoms with Gasteiger partial charge in [0.25, 0.3) is 0 Å². The van der Waals surface area contributed by atoms with Gasteiger partial charge in [-0.05, 0) is 18.3 Å². The fourth-order valence-corrected chi connectivity index (χ4v) is 2.24. The highest BCUT2D eigenvalue weighted by Crippen LogP contribution is 2.25. The van der Waals surface area contributed by atoms with Gasteiger partial charge in [0.15, 0.2) is 0 Å². The second-order valence-electron chi connectivity index (χ2n) is 5.06. The second kappa shape index (κ2) is 5.87. The van der Waals surface area contributed by atoms with Crippen molar-refractivity contribution in [3.63, 3.8) is 0 Å². The van der Waals surface area contributed by atoms with Crippen molar-refractivity contribution in [3.8, 4) is 0 Å². The zero-order valence-corrected chi connectivity index (χ0v) is 12.1. The maximum Gasteiger partial charge on any atom is 0.0850 e. The van der Waals surface area contributed by atoms with E-state index in [0.29, 0.717) is 17.4 Å². The Morgan fingerprint density at radius 2 is 1.94 bits per heavy atom. The monoisotopic (exact) mass is 258 g/mol. The Labute approximate surface area is 109 Å². The first-order valence-electron chi connectivity index (χ1n) is 6.26. The summed E-state index contributed by atoms with van der Waals surface area (Å²) < 4.78 is 1.79. The van der Waals surface area contributed by atoms with Crippen LogP contribution in [-0.2, 0) is 19.9 Å². The summed E-state index contributed by atoms with van der Waals surface area (Å²) in [6.07, 6.45) is 1.03. The smallest absolute Gasteiger partial charge is 0.0850 e. The summed E-state index contributed by atoms with van der Waals surface area (Å²) in [6, 6.07) is 0. The number of halogens is 1. The number of aryl methyl sites for hydroxylation is 2. The maximum atomic E-state index is 10.2. The molecule has 0 bridgehead atoms. The van der Waals surface area contributed by atoms with Crippen molar-refractivity contribution in [2.24, 2.45) is 18.9 Å². The van der Waals surface area contributed by atoms with E-state index in [1.54, 1.807) is 4.68 Å². The highest BCUT2D eigenvalue weighted by Gasteiger charge is 2.22. The molecule has 0 fully saturated rings. The lowest BCUT2D eigenvalue weighted by Crippen LogP contribution is -2.25. The molecule has 0 radical (unpaired) electrons. The number of hydrogen-bond acceptors (Lipinski definition) is 2. The van der Waals surface area contributed by atoms with Crippen LogP contribution < -0.4 is 0 Å². The minimum atomic E-state index is -0.368. The van der Waals surface area contributed by atoms with E-state index in [2.05, 4.69) is 25.9 Å². The molecule has 0 aliphatic heterocycles. The van der Waals surface area contributed by atoms with Gasteiger partial charge < -0.3 is 5.11 Å². The summed E-state index contributed by atoms with van der Waals surface area (Å²) in [5, 5.41) is 15.2. The second-order valence-corrected chi connectivity index (χ2v) is 5.44. The van der Waals surface area contributed by atoms with Crippen molar-refractivity contribution >= 4 is 11.6 Å². The molecule has 2 atom stereocenters. The third-order valence-electron chi connectivity index (χ3n) is 3.56. The van der Waals surface area contributed by atoms with Crippen LogP contribution in [0.15, 0.2) is 0 Å². The lowest BCUT2D eigenvalue weighted by molar-refractivity contribution is 0.0904. The Kier molecular flexibility index (Phi) is 5.02. The molecule has 0 saturated carbocycles. The zero-order chi connectivity index (χ0) is 13.2. The van der Waals surface area contributed by atoms with Crippen molar-refractivity contribution in [1.82, 2.24) is 9.78 Å². The van der Waals surface area contributed by atoms with Gasteiger partial charge in [0.1, 0.15) is 0 Å². The number of rotatable bonds is 5. The van der Waals surface area contributed by atoms with Gasteiger partial charge in [-0.2, -0.15) is 5.10 Å². The first-order valence-corrected chi connectivity index (χ1v) is 6.64. The summed E-state index contributed by atoms with van der Waals surface area (Å²) in [5.41, 5.74) is 1.84. The van der Waals surface area contributed by atoms with Gasteiger partial charge in [-0.3, -0.25) is 4.68 Å². The van der Waals surface area contributed by atoms with Crippen molar-refractivity contribution in [1.29, 1.82) is 0 Å². The van der Waals surface area contributed by atoms with E-state index in [0.717, 1.165) is 17.8 Å². The molecule has 1 aromatic heterocycles. The molecule has 0 amide bonds. The zero-order valence-electron chi connectivity index (χ0n) is 11.4. The van der Waals surface area contributed by atoms with Crippen LogP contribution in [0.2, 0.25) is 5.02 Å². The van der Waals surface area contributed by atoms with Crippen LogP contribution in [0.4, 0.5) is 0 Å². The summed E-state index contributed by atoms with van der Waals surface area (Å²) >= 11 is 6.26. The Balaban J connectivity index is 2.84. The molecular formula is C13H23ClN2O. The van der Waals surface area contributed by atoms with Gasteiger partial charge in [0.2, 0.25) is 0 Å². The van der Waals surface area contributed by atoms with Gasteiger partial charge in [-0.15, -0.1) is 0 Å². The van der Waals surface area contributed by atoms with Crippen LogP contribution in [0.3, 0.4) is 0 Å². The van der Waals surface area contributed by atoms with E-state index in [4.69, 9.17) is 11.6 Å². The van der Waals surface area contributed by atoms with Crippen molar-refractivity contribution in [3.05, 3.63) is 16.4 Å². The van der Waals surface area contributed by atoms with Crippen molar-refractivity contribution in [2.75, 3.05) is 0 Å². The molecule has 2 unspecified atom stereocenters. The van der Waals surface area contributed by atoms with Crippen LogP contribution in [0.5, 0.6) is 0 Å². The highest BCUT2D eigenvalue weighted by atomic mass is 35.5. The Bertz CT molecular complexity index is 374. The van der Waals surface area contributed by atoms with Crippen LogP contribution in [-0.4, -0.2) is 21.0 Å². The van der Waals surface area contributed by atoms with Gasteiger partial charge >= 0.3 is 0 Å². The molecule has 1 heterocycles. The van der Waals surface area contributed by atoms with Crippen LogP contribution in [0.25, 0.3) is 0 Å². The van der Waals surface area contributed by atoms with E-state index < -0.39 is 0 Å². The van der Waals surface area contributed by atoms with Gasteiger partial charge in [0, 0.05) is 13.5 Å². The fraction of sp³-hybridized carbons (Fsp3) is 0.769. The van der Waals surface area contributed by atoms with Gasteiger partial charge in [-0.1, -0.05) is 39.3 Å². The van der Waals surface area contributed by atoms with Crippen LogP contribution in [0, 0.1) is 11.8 Å². The standard InChI is InChI=1S/C13H23ClN2O/c1-6-10-13(14)11(16(5)15-10)7-12(17)9(4)8(2)3/h8-9,12,17H,6-7H2,1-5H3. The maximum absolute atomic E-state index is 10.2. The quantitative estimate of drug-likeness (QED) is 0.882. The Hall–Kier alpha value is -0.540. The SMILES string of the molecule is CCc1nn(C)c(CC(O)C(C)C(C)C)c1Cl. The molecule has 4 heteroatoms. The first kappa shape index (κ1) is 14.5. The molecule has 0 aliphatic carbocycles. The van der Waals surface area contributed by atoms with Crippen molar-refractivity contribution in [2.45, 2.75) is 46.6 Å². The lowest BCUT2D eigenvalue weighted by Gasteiger charge is -2.22. The van der Waals surface area contributed by atoms with Crippen molar-refractivity contribution < 1.29 is 5.11 Å². The molecule has 98 valence electrons. The molecule has 17 heavy (non-hydrogen) atoms. The predicted molar refractivity (Wildman–Crippen MR) is 71.3 cm³/mol. The minimum absolute atomic E-state index is 0.256. The van der Waals surface area contributed by atoms with E-state index in [1.165, 1.54) is 0 Å². The highest BCUT2D eigenvalue weighted by molar-refractivity contribution is 6.31. The molecular weight excluding hydrogens is 236 g/mol. The van der Waals surface area contributed by atoms with Gasteiger partial charge in [0.05, 0.1) is 22.5 Å². The van der Waals surface area contributed by atoms with Crippen LogP contribution in [0.1, 0.15) is 39.1 Å². The summed E-state index contributed by atoms with van der Waals surface area (Å²) in [5.74, 6) is 0.716. The number of nitrogens with zero attached hydrogens (tertiary/aromatic N) is 2. The number of aromatic nitrogens is 2. The van der Waals surface area contributed by atoms with Gasteiger partial charge in [-0.25, -0.2) is 0 Å². The Morgan fingerprint density at radius 3 is 2.35 bits per heavy atom. The summed E-state index contributed by atoms with van der Waals surface area (Å²) in [7, 11) is 1.88. The molecule has 0 saturated heterocycles. The molecule has 0 aromatic carbocycles. The molecule has 1 rings (SSSR count). The van der Waals surface area contributed by atoms with E-state index in [-0.39, 0.29) is 12.0 Å². The predicted octanol–water partition coefficient (Wildman–Crippen LogP) is 2.83. The normalized spacial score (nSPS) is 15.3. The molecule has 3 nitrogen and oxygen atoms in total. The largest absolute Gasteiger partial charge is 0.392 e. The number of hydrogen-bond donors (Lipinski definition) is 1. The topological polar surface area (TPSA) is 38.0 Å².